The first-order valence-electron chi connectivity index (χ1n) is 9.90. The highest BCUT2D eigenvalue weighted by atomic mass is 32.1. The number of ether oxygens (including phenoxy) is 1. The number of amides is 1. The summed E-state index contributed by atoms with van der Waals surface area (Å²) in [5.74, 6) is 0.381. The Labute approximate surface area is 186 Å². The topological polar surface area (TPSA) is 86.1 Å². The molecule has 32 heavy (non-hydrogen) atoms. The van der Waals surface area contributed by atoms with E-state index < -0.39 is 0 Å². The van der Waals surface area contributed by atoms with Crippen molar-refractivity contribution in [2.45, 2.75) is 6.54 Å². The average molecular weight is 443 g/mol. The van der Waals surface area contributed by atoms with E-state index >= 15 is 0 Å². The van der Waals surface area contributed by atoms with E-state index in [1.807, 2.05) is 42.5 Å². The van der Waals surface area contributed by atoms with Crippen LogP contribution in [0.15, 0.2) is 77.9 Å². The molecule has 0 fully saturated rings. The predicted molar refractivity (Wildman–Crippen MR) is 126 cm³/mol. The van der Waals surface area contributed by atoms with Gasteiger partial charge in [-0.1, -0.05) is 30.3 Å². The first-order chi connectivity index (χ1) is 15.6. The van der Waals surface area contributed by atoms with Crippen molar-refractivity contribution in [2.75, 3.05) is 12.4 Å². The molecule has 1 amide bonds. The number of benzene rings is 2. The van der Waals surface area contributed by atoms with Crippen molar-refractivity contribution in [3.05, 3.63) is 83.4 Å². The Morgan fingerprint density at radius 2 is 1.84 bits per heavy atom. The summed E-state index contributed by atoms with van der Waals surface area (Å²) in [6.07, 6.45) is 1.41. The van der Waals surface area contributed by atoms with Crippen LogP contribution in [0.3, 0.4) is 0 Å². The third-order valence-electron chi connectivity index (χ3n) is 5.07. The summed E-state index contributed by atoms with van der Waals surface area (Å²) in [4.78, 5) is 35.4. The van der Waals surface area contributed by atoms with Crippen molar-refractivity contribution >= 4 is 43.4 Å². The SMILES string of the molecule is COc1ccc(NC(=O)Cn2cnc3c(sc4nc(-c5ccccc5)ccc43)c2=O)cc1. The van der Waals surface area contributed by atoms with E-state index in [1.54, 1.807) is 31.4 Å². The second kappa shape index (κ2) is 8.24. The van der Waals surface area contributed by atoms with Gasteiger partial charge in [0.1, 0.15) is 21.8 Å². The molecular formula is C24H18N4O3S. The van der Waals surface area contributed by atoms with Crippen LogP contribution < -0.4 is 15.6 Å². The maximum absolute atomic E-state index is 13.0. The van der Waals surface area contributed by atoms with Crippen molar-refractivity contribution in [1.82, 2.24) is 14.5 Å². The normalized spacial score (nSPS) is 11.0. The van der Waals surface area contributed by atoms with Gasteiger partial charge in [-0.2, -0.15) is 0 Å². The summed E-state index contributed by atoms with van der Waals surface area (Å²) >= 11 is 1.29. The fourth-order valence-corrected chi connectivity index (χ4v) is 4.54. The standard InChI is InChI=1S/C24H18N4O3S/c1-31-17-9-7-16(8-10-17)26-20(29)13-28-14-25-21-18-11-12-19(15-5-3-2-4-6-15)27-23(18)32-22(21)24(28)30/h2-12,14H,13H2,1H3,(H,26,29). The number of methoxy groups -OCH3 is 1. The number of aromatic nitrogens is 3. The van der Waals surface area contributed by atoms with Crippen LogP contribution in [-0.2, 0) is 11.3 Å². The van der Waals surface area contributed by atoms with Gasteiger partial charge < -0.3 is 10.1 Å². The second-order valence-corrected chi connectivity index (χ2v) is 8.15. The average Bonchev–Trinajstić information content (AvgIpc) is 3.20. The molecule has 7 nitrogen and oxygen atoms in total. The number of hydrogen-bond acceptors (Lipinski definition) is 6. The lowest BCUT2D eigenvalue weighted by atomic mass is 10.1. The van der Waals surface area contributed by atoms with E-state index in [1.165, 1.54) is 22.2 Å². The van der Waals surface area contributed by atoms with Gasteiger partial charge in [0.15, 0.2) is 0 Å². The molecule has 0 aliphatic carbocycles. The van der Waals surface area contributed by atoms with Crippen molar-refractivity contribution < 1.29 is 9.53 Å². The molecule has 3 heterocycles. The first-order valence-corrected chi connectivity index (χ1v) is 10.7. The molecule has 0 saturated carbocycles. The molecule has 1 N–H and O–H groups in total. The Hall–Kier alpha value is -4.04. The van der Waals surface area contributed by atoms with Gasteiger partial charge in [-0.3, -0.25) is 14.2 Å². The number of pyridine rings is 1. The van der Waals surface area contributed by atoms with Gasteiger partial charge in [0, 0.05) is 16.6 Å². The zero-order chi connectivity index (χ0) is 22.1. The lowest BCUT2D eigenvalue weighted by Gasteiger charge is -2.08. The monoisotopic (exact) mass is 442 g/mol. The van der Waals surface area contributed by atoms with Gasteiger partial charge >= 0.3 is 0 Å². The highest BCUT2D eigenvalue weighted by molar-refractivity contribution is 7.25. The molecule has 5 aromatic rings. The highest BCUT2D eigenvalue weighted by Crippen LogP contribution is 2.31. The summed E-state index contributed by atoms with van der Waals surface area (Å²) in [5, 5.41) is 3.61. The third-order valence-corrected chi connectivity index (χ3v) is 6.14. The minimum Gasteiger partial charge on any atom is -0.497 e. The van der Waals surface area contributed by atoms with E-state index in [4.69, 9.17) is 9.72 Å². The second-order valence-electron chi connectivity index (χ2n) is 7.15. The Kier molecular flexibility index (Phi) is 5.12. The van der Waals surface area contributed by atoms with E-state index in [0.717, 1.165) is 21.5 Å². The Bertz CT molecular complexity index is 1490. The van der Waals surface area contributed by atoms with E-state index in [2.05, 4.69) is 10.3 Å². The molecule has 0 aliphatic heterocycles. The van der Waals surface area contributed by atoms with Gasteiger partial charge in [0.2, 0.25) is 5.91 Å². The Morgan fingerprint density at radius 3 is 2.59 bits per heavy atom. The van der Waals surface area contributed by atoms with Crippen LogP contribution in [0, 0.1) is 0 Å². The number of fused-ring (bicyclic) bond motifs is 3. The van der Waals surface area contributed by atoms with Crippen LogP contribution in [0.4, 0.5) is 5.69 Å². The number of hydrogen-bond donors (Lipinski definition) is 1. The predicted octanol–water partition coefficient (Wildman–Crippen LogP) is 4.32. The molecule has 158 valence electrons. The highest BCUT2D eigenvalue weighted by Gasteiger charge is 2.15. The van der Waals surface area contributed by atoms with Gasteiger partial charge in [-0.25, -0.2) is 9.97 Å². The summed E-state index contributed by atoms with van der Waals surface area (Å²) in [7, 11) is 1.58. The van der Waals surface area contributed by atoms with Gasteiger partial charge in [0.05, 0.1) is 24.6 Å². The van der Waals surface area contributed by atoms with Crippen molar-refractivity contribution in [3.8, 4) is 17.0 Å². The molecule has 0 saturated heterocycles. The van der Waals surface area contributed by atoms with Crippen LogP contribution in [0.25, 0.3) is 31.7 Å². The van der Waals surface area contributed by atoms with Gasteiger partial charge in [-0.15, -0.1) is 11.3 Å². The molecule has 0 bridgehead atoms. The van der Waals surface area contributed by atoms with Crippen LogP contribution in [0.2, 0.25) is 0 Å². The largest absolute Gasteiger partial charge is 0.497 e. The lowest BCUT2D eigenvalue weighted by Crippen LogP contribution is -2.27. The molecule has 0 atom stereocenters. The zero-order valence-corrected chi connectivity index (χ0v) is 17.9. The summed E-state index contributed by atoms with van der Waals surface area (Å²) in [6.45, 7) is -0.134. The van der Waals surface area contributed by atoms with Gasteiger partial charge in [-0.05, 0) is 36.4 Å². The quantitative estimate of drug-likeness (QED) is 0.438. The number of carbonyl (C=O) groups is 1. The first kappa shape index (κ1) is 19.9. The molecule has 8 heteroatoms. The number of anilines is 1. The fraction of sp³-hybridized carbons (Fsp3) is 0.0833. The van der Waals surface area contributed by atoms with Crippen molar-refractivity contribution in [3.63, 3.8) is 0 Å². The van der Waals surface area contributed by atoms with E-state index in [-0.39, 0.29) is 18.0 Å². The molecule has 5 rings (SSSR count). The molecule has 0 unspecified atom stereocenters. The number of carbonyl (C=O) groups excluding carboxylic acids is 1. The number of nitrogens with one attached hydrogen (secondary N) is 1. The maximum atomic E-state index is 13.0. The summed E-state index contributed by atoms with van der Waals surface area (Å²) in [6, 6.07) is 20.7. The third kappa shape index (κ3) is 3.72. The van der Waals surface area contributed by atoms with Crippen LogP contribution >= 0.6 is 11.3 Å². The smallest absolute Gasteiger partial charge is 0.271 e. The van der Waals surface area contributed by atoms with Crippen LogP contribution in [0.1, 0.15) is 0 Å². The van der Waals surface area contributed by atoms with Crippen molar-refractivity contribution in [2.24, 2.45) is 0 Å². The van der Waals surface area contributed by atoms with Crippen molar-refractivity contribution in [1.29, 1.82) is 0 Å². The molecular weight excluding hydrogens is 424 g/mol. The number of nitrogens with zero attached hydrogens (tertiary/aromatic N) is 3. The molecule has 0 spiro atoms. The van der Waals surface area contributed by atoms with E-state index in [9.17, 15) is 9.59 Å². The summed E-state index contributed by atoms with van der Waals surface area (Å²) < 4.78 is 6.91. The molecule has 0 aliphatic rings. The fourth-order valence-electron chi connectivity index (χ4n) is 3.46. The lowest BCUT2D eigenvalue weighted by molar-refractivity contribution is -0.116. The zero-order valence-electron chi connectivity index (χ0n) is 17.1. The van der Waals surface area contributed by atoms with E-state index in [0.29, 0.717) is 21.7 Å². The minimum absolute atomic E-state index is 0.134. The van der Waals surface area contributed by atoms with Crippen LogP contribution in [0.5, 0.6) is 5.75 Å². The minimum atomic E-state index is -0.316. The molecule has 3 aromatic heterocycles. The molecule has 2 aromatic carbocycles. The maximum Gasteiger partial charge on any atom is 0.271 e. The molecule has 0 radical (unpaired) electrons. The number of thiophene rings is 1. The van der Waals surface area contributed by atoms with Crippen LogP contribution in [-0.4, -0.2) is 27.6 Å². The summed E-state index contributed by atoms with van der Waals surface area (Å²) in [5.41, 5.74) is 2.81. The Morgan fingerprint density at radius 1 is 1.06 bits per heavy atom. The van der Waals surface area contributed by atoms with Gasteiger partial charge in [0.25, 0.3) is 5.56 Å². The number of rotatable bonds is 5. The Balaban J connectivity index is 1.44.